The van der Waals surface area contributed by atoms with Crippen LogP contribution in [0, 0.1) is 23.1 Å². The van der Waals surface area contributed by atoms with E-state index in [-0.39, 0.29) is 23.8 Å². The molecule has 6 nitrogen and oxygen atoms in total. The normalized spacial score (nSPS) is 17.5. The number of carbonyl (C=O) groups is 2. The lowest BCUT2D eigenvalue weighted by atomic mass is 9.91. The molecule has 2 amide bonds. The predicted molar refractivity (Wildman–Crippen MR) is 103 cm³/mol. The molecule has 0 bridgehead atoms. The Hall–Kier alpha value is -3.37. The van der Waals surface area contributed by atoms with Crippen LogP contribution in [-0.4, -0.2) is 11.8 Å². The Morgan fingerprint density at radius 1 is 1.36 bits per heavy atom. The van der Waals surface area contributed by atoms with Gasteiger partial charge in [0.05, 0.1) is 34.0 Å². The first-order valence-corrected chi connectivity index (χ1v) is 8.94. The molecule has 2 N–H and O–H groups in total. The summed E-state index contributed by atoms with van der Waals surface area (Å²) in [6.07, 6.45) is 0.0602. The predicted octanol–water partition coefficient (Wildman–Crippen LogP) is 4.02. The quantitative estimate of drug-likeness (QED) is 0.820. The highest BCUT2D eigenvalue weighted by Gasteiger charge is 2.41. The van der Waals surface area contributed by atoms with Crippen LogP contribution < -0.4 is 15.5 Å². The molecule has 2 aliphatic rings. The van der Waals surface area contributed by atoms with E-state index in [9.17, 15) is 19.2 Å². The van der Waals surface area contributed by atoms with Gasteiger partial charge in [0.1, 0.15) is 11.6 Å². The second-order valence-corrected chi connectivity index (χ2v) is 6.94. The van der Waals surface area contributed by atoms with Gasteiger partial charge < -0.3 is 10.6 Å². The molecule has 140 valence electrons. The van der Waals surface area contributed by atoms with Crippen LogP contribution in [0.2, 0.25) is 5.02 Å². The van der Waals surface area contributed by atoms with Crippen molar-refractivity contribution in [2.45, 2.75) is 12.8 Å². The molecule has 0 radical (unpaired) electrons. The summed E-state index contributed by atoms with van der Waals surface area (Å²) in [5.41, 5.74) is 2.15. The monoisotopic (exact) mass is 396 g/mol. The van der Waals surface area contributed by atoms with Gasteiger partial charge in [-0.05, 0) is 36.8 Å². The Morgan fingerprint density at radius 2 is 2.14 bits per heavy atom. The molecule has 8 heteroatoms. The molecule has 0 fully saturated rings. The highest BCUT2D eigenvalue weighted by molar-refractivity contribution is 6.31. The summed E-state index contributed by atoms with van der Waals surface area (Å²) in [7, 11) is 0. The molecule has 28 heavy (non-hydrogen) atoms. The molecule has 2 aliphatic heterocycles. The van der Waals surface area contributed by atoms with Crippen molar-refractivity contribution < 1.29 is 14.0 Å². The number of para-hydroxylation sites is 2. The van der Waals surface area contributed by atoms with Crippen molar-refractivity contribution in [3.05, 3.63) is 64.7 Å². The van der Waals surface area contributed by atoms with Gasteiger partial charge in [0.2, 0.25) is 11.8 Å². The highest BCUT2D eigenvalue weighted by Crippen LogP contribution is 2.42. The Morgan fingerprint density at radius 3 is 2.89 bits per heavy atom. The zero-order valence-corrected chi connectivity index (χ0v) is 15.3. The van der Waals surface area contributed by atoms with E-state index in [1.165, 1.54) is 17.0 Å². The number of rotatable bonds is 3. The zero-order valence-electron chi connectivity index (χ0n) is 14.5. The molecular formula is C20H14ClFN4O2. The molecule has 0 spiro atoms. The lowest BCUT2D eigenvalue weighted by Gasteiger charge is -2.29. The van der Waals surface area contributed by atoms with Crippen molar-refractivity contribution in [1.82, 2.24) is 0 Å². The van der Waals surface area contributed by atoms with Gasteiger partial charge in [-0.3, -0.25) is 14.5 Å². The van der Waals surface area contributed by atoms with E-state index in [2.05, 4.69) is 16.7 Å². The third-order valence-corrected chi connectivity index (χ3v) is 4.99. The van der Waals surface area contributed by atoms with Crippen molar-refractivity contribution in [3.63, 3.8) is 0 Å². The topological polar surface area (TPSA) is 85.2 Å². The number of benzene rings is 2. The molecule has 0 aromatic heterocycles. The van der Waals surface area contributed by atoms with Gasteiger partial charge in [0, 0.05) is 12.1 Å². The minimum Gasteiger partial charge on any atom is -0.339 e. The lowest BCUT2D eigenvalue weighted by molar-refractivity contribution is -0.126. The van der Waals surface area contributed by atoms with Gasteiger partial charge in [0.15, 0.2) is 0 Å². The van der Waals surface area contributed by atoms with Crippen molar-refractivity contribution in [3.8, 4) is 6.07 Å². The second-order valence-electron chi connectivity index (χ2n) is 6.54. The van der Waals surface area contributed by atoms with E-state index in [1.54, 1.807) is 12.1 Å². The molecule has 4 rings (SSSR count). The van der Waals surface area contributed by atoms with Gasteiger partial charge in [0.25, 0.3) is 0 Å². The first-order chi connectivity index (χ1) is 13.5. The third kappa shape index (κ3) is 3.08. The number of anilines is 3. The summed E-state index contributed by atoms with van der Waals surface area (Å²) in [6, 6.07) is 13.2. The fraction of sp³-hybridized carbons (Fsp3) is 0.150. The van der Waals surface area contributed by atoms with Gasteiger partial charge in [-0.1, -0.05) is 23.7 Å². The van der Waals surface area contributed by atoms with Crippen LogP contribution in [0.3, 0.4) is 0 Å². The van der Waals surface area contributed by atoms with E-state index in [1.807, 2.05) is 12.1 Å². The van der Waals surface area contributed by atoms with Crippen LogP contribution in [0.1, 0.15) is 12.8 Å². The number of hydrogen-bond donors (Lipinski definition) is 2. The zero-order chi connectivity index (χ0) is 19.8. The smallest absolute Gasteiger partial charge is 0.236 e. The third-order valence-electron chi connectivity index (χ3n) is 4.70. The number of fused-ring (bicyclic) bond motifs is 3. The Labute approximate surface area is 165 Å². The molecule has 2 heterocycles. The van der Waals surface area contributed by atoms with Crippen LogP contribution in [0.5, 0.6) is 0 Å². The lowest BCUT2D eigenvalue weighted by Crippen LogP contribution is -2.40. The van der Waals surface area contributed by atoms with Crippen molar-refractivity contribution in [2.24, 2.45) is 5.92 Å². The summed E-state index contributed by atoms with van der Waals surface area (Å²) >= 11 is 5.72. The number of hydrogen-bond acceptors (Lipinski definition) is 4. The number of nitrogens with one attached hydrogen (secondary N) is 2. The molecular weight excluding hydrogens is 383 g/mol. The Balaban J connectivity index is 1.55. The number of carbonyl (C=O) groups excluding carboxylic acids is 2. The summed E-state index contributed by atoms with van der Waals surface area (Å²) in [5, 5.41) is 15.1. The largest absolute Gasteiger partial charge is 0.339 e. The second kappa shape index (κ2) is 6.98. The molecule has 1 atom stereocenters. The Bertz CT molecular complexity index is 1080. The molecule has 1 unspecified atom stereocenters. The van der Waals surface area contributed by atoms with Crippen molar-refractivity contribution >= 4 is 40.5 Å². The molecule has 2 aromatic carbocycles. The molecule has 2 aromatic rings. The SMILES string of the molecule is N#CC1=C2Nc3ccccc3N2C(=O)C(CC(=O)Nc2ccc(F)c(Cl)c2)C1. The number of halogens is 2. The average molecular weight is 397 g/mol. The van der Waals surface area contributed by atoms with Crippen LogP contribution in [0.4, 0.5) is 21.5 Å². The van der Waals surface area contributed by atoms with Gasteiger partial charge in [-0.25, -0.2) is 4.39 Å². The molecule has 0 saturated heterocycles. The van der Waals surface area contributed by atoms with Gasteiger partial charge in [-0.2, -0.15) is 5.26 Å². The van der Waals surface area contributed by atoms with Crippen molar-refractivity contribution in [1.29, 1.82) is 5.26 Å². The first kappa shape index (κ1) is 18.0. The maximum Gasteiger partial charge on any atom is 0.236 e. The van der Waals surface area contributed by atoms with Gasteiger partial charge >= 0.3 is 0 Å². The fourth-order valence-corrected chi connectivity index (χ4v) is 3.58. The molecule has 0 saturated carbocycles. The number of nitriles is 1. The summed E-state index contributed by atoms with van der Waals surface area (Å²) < 4.78 is 13.3. The highest BCUT2D eigenvalue weighted by atomic mass is 35.5. The standard InChI is InChI=1S/C20H14ClFN4O2/c21-14-9-13(5-6-15(14)22)24-18(27)8-11-7-12(10-23)19-25-16-3-1-2-4-17(16)26(19)20(11)28/h1-6,9,11,25H,7-8H2,(H,24,27). The van der Waals surface area contributed by atoms with Crippen LogP contribution in [-0.2, 0) is 9.59 Å². The number of allylic oxidation sites excluding steroid dienone is 1. The average Bonchev–Trinajstić information content (AvgIpc) is 3.07. The first-order valence-electron chi connectivity index (χ1n) is 8.56. The van der Waals surface area contributed by atoms with E-state index in [0.29, 0.717) is 22.8 Å². The maximum atomic E-state index is 13.3. The van der Waals surface area contributed by atoms with E-state index >= 15 is 0 Å². The van der Waals surface area contributed by atoms with Crippen LogP contribution >= 0.6 is 11.6 Å². The minimum absolute atomic E-state index is 0.106. The minimum atomic E-state index is -0.678. The molecule has 0 aliphatic carbocycles. The summed E-state index contributed by atoms with van der Waals surface area (Å²) in [4.78, 5) is 26.9. The number of amides is 2. The van der Waals surface area contributed by atoms with Crippen molar-refractivity contribution in [2.75, 3.05) is 15.5 Å². The van der Waals surface area contributed by atoms with Crippen LogP contribution in [0.25, 0.3) is 0 Å². The van der Waals surface area contributed by atoms with E-state index in [0.717, 1.165) is 11.8 Å². The fourth-order valence-electron chi connectivity index (χ4n) is 3.40. The van der Waals surface area contributed by atoms with Crippen LogP contribution in [0.15, 0.2) is 53.9 Å². The van der Waals surface area contributed by atoms with E-state index < -0.39 is 17.6 Å². The summed E-state index contributed by atoms with van der Waals surface area (Å²) in [5.74, 6) is -1.47. The maximum absolute atomic E-state index is 13.3. The summed E-state index contributed by atoms with van der Waals surface area (Å²) in [6.45, 7) is 0. The van der Waals surface area contributed by atoms with Gasteiger partial charge in [-0.15, -0.1) is 0 Å². The Kier molecular flexibility index (Phi) is 4.49. The van der Waals surface area contributed by atoms with E-state index in [4.69, 9.17) is 11.6 Å². The number of nitrogens with zero attached hydrogens (tertiary/aromatic N) is 2.